The molecule has 0 bridgehead atoms. The Balaban J connectivity index is 1.57. The smallest absolute Gasteiger partial charge is 0.228 e. The van der Waals surface area contributed by atoms with Crippen LogP contribution in [0.3, 0.4) is 0 Å². The second-order valence-corrected chi connectivity index (χ2v) is 7.01. The van der Waals surface area contributed by atoms with Crippen molar-refractivity contribution in [1.29, 1.82) is 0 Å². The molecule has 0 saturated heterocycles. The predicted molar refractivity (Wildman–Crippen MR) is 106 cm³/mol. The third kappa shape index (κ3) is 3.95. The fourth-order valence-electron chi connectivity index (χ4n) is 3.73. The van der Waals surface area contributed by atoms with Gasteiger partial charge in [0, 0.05) is 17.7 Å². The number of carbonyl (C=O) groups is 1. The molecule has 4 rings (SSSR count). The molecule has 2 aromatic heterocycles. The lowest BCUT2D eigenvalue weighted by Crippen LogP contribution is -2.21. The third-order valence-corrected chi connectivity index (χ3v) is 5.16. The van der Waals surface area contributed by atoms with Crippen molar-refractivity contribution in [1.82, 2.24) is 20.2 Å². The number of amides is 1. The quantitative estimate of drug-likeness (QED) is 0.800. The topological polar surface area (TPSA) is 105 Å². The maximum absolute atomic E-state index is 12.4. The Kier molecular flexibility index (Phi) is 5.45. The molecule has 0 atom stereocenters. The summed E-state index contributed by atoms with van der Waals surface area (Å²) < 4.78 is 5.75. The zero-order valence-corrected chi connectivity index (χ0v) is 15.9. The van der Waals surface area contributed by atoms with Crippen LogP contribution in [-0.2, 0) is 9.53 Å². The van der Waals surface area contributed by atoms with E-state index in [-0.39, 0.29) is 11.8 Å². The first kappa shape index (κ1) is 18.3. The van der Waals surface area contributed by atoms with E-state index in [1.54, 1.807) is 6.20 Å². The second kappa shape index (κ2) is 8.33. The number of H-pyrrole nitrogens is 1. The molecule has 1 fully saturated rings. The van der Waals surface area contributed by atoms with Gasteiger partial charge < -0.3 is 10.1 Å². The van der Waals surface area contributed by atoms with Crippen LogP contribution in [0.5, 0.6) is 0 Å². The third-order valence-electron chi connectivity index (χ3n) is 5.16. The van der Waals surface area contributed by atoms with Gasteiger partial charge >= 0.3 is 0 Å². The maximum atomic E-state index is 12.4. The largest absolute Gasteiger partial charge is 0.478 e. The van der Waals surface area contributed by atoms with Crippen molar-refractivity contribution in [2.24, 2.45) is 10.9 Å². The van der Waals surface area contributed by atoms with E-state index in [0.717, 1.165) is 55.4 Å². The van der Waals surface area contributed by atoms with Gasteiger partial charge in [-0.2, -0.15) is 5.10 Å². The molecule has 146 valence electrons. The normalized spacial score (nSPS) is 17.5. The SMILES string of the molecule is CCOC1=C(c2ncn[nH]2)CCC(c2ccnc(NC(=O)C3CCCC3)c2)=N1. The summed E-state index contributed by atoms with van der Waals surface area (Å²) in [6, 6.07) is 3.79. The number of aromatic amines is 1. The lowest BCUT2D eigenvalue weighted by Gasteiger charge is -2.18. The summed E-state index contributed by atoms with van der Waals surface area (Å²) in [5.74, 6) is 1.99. The average molecular weight is 380 g/mol. The maximum Gasteiger partial charge on any atom is 0.228 e. The molecule has 8 nitrogen and oxygen atoms in total. The van der Waals surface area contributed by atoms with Crippen molar-refractivity contribution in [3.63, 3.8) is 0 Å². The first-order valence-corrected chi connectivity index (χ1v) is 9.81. The van der Waals surface area contributed by atoms with Crippen LogP contribution in [0.4, 0.5) is 5.82 Å². The van der Waals surface area contributed by atoms with Gasteiger partial charge in [0.2, 0.25) is 11.8 Å². The average Bonchev–Trinajstić information content (AvgIpc) is 3.43. The molecule has 3 heterocycles. The van der Waals surface area contributed by atoms with E-state index in [4.69, 9.17) is 9.73 Å². The van der Waals surface area contributed by atoms with Crippen molar-refractivity contribution in [3.8, 4) is 0 Å². The number of aliphatic imine (C=N–C) groups is 1. The van der Waals surface area contributed by atoms with Crippen LogP contribution in [0.15, 0.2) is 35.5 Å². The van der Waals surface area contributed by atoms with Crippen molar-refractivity contribution in [2.75, 3.05) is 11.9 Å². The van der Waals surface area contributed by atoms with E-state index in [1.165, 1.54) is 6.33 Å². The minimum atomic E-state index is 0.0650. The number of allylic oxidation sites excluding steroid dienone is 1. The van der Waals surface area contributed by atoms with E-state index in [0.29, 0.717) is 24.1 Å². The Morgan fingerprint density at radius 2 is 2.14 bits per heavy atom. The summed E-state index contributed by atoms with van der Waals surface area (Å²) >= 11 is 0. The number of nitrogens with one attached hydrogen (secondary N) is 2. The molecule has 1 aliphatic heterocycles. The fourth-order valence-corrected chi connectivity index (χ4v) is 3.73. The molecule has 2 N–H and O–H groups in total. The summed E-state index contributed by atoms with van der Waals surface area (Å²) in [5.41, 5.74) is 2.77. The first-order valence-electron chi connectivity index (χ1n) is 9.81. The fraction of sp³-hybridized carbons (Fsp3) is 0.450. The Hall–Kier alpha value is -3.03. The molecule has 2 aromatic rings. The molecule has 0 spiro atoms. The lowest BCUT2D eigenvalue weighted by atomic mass is 9.99. The van der Waals surface area contributed by atoms with Gasteiger partial charge in [0.25, 0.3) is 0 Å². The summed E-state index contributed by atoms with van der Waals surface area (Å²) in [4.78, 5) is 25.6. The molecular weight excluding hydrogens is 356 g/mol. The number of hydrogen-bond donors (Lipinski definition) is 2. The monoisotopic (exact) mass is 380 g/mol. The zero-order chi connectivity index (χ0) is 19.3. The van der Waals surface area contributed by atoms with E-state index in [2.05, 4.69) is 25.5 Å². The number of anilines is 1. The number of carbonyl (C=O) groups excluding carboxylic acids is 1. The van der Waals surface area contributed by atoms with Crippen LogP contribution in [0.2, 0.25) is 0 Å². The number of ether oxygens (including phenoxy) is 1. The molecule has 2 aliphatic rings. The van der Waals surface area contributed by atoms with Crippen LogP contribution in [-0.4, -0.2) is 38.4 Å². The molecule has 28 heavy (non-hydrogen) atoms. The van der Waals surface area contributed by atoms with Gasteiger partial charge in [0.05, 0.1) is 17.9 Å². The highest BCUT2D eigenvalue weighted by molar-refractivity contribution is 6.04. The van der Waals surface area contributed by atoms with E-state index < -0.39 is 0 Å². The Morgan fingerprint density at radius 1 is 1.29 bits per heavy atom. The van der Waals surface area contributed by atoms with Gasteiger partial charge in [-0.05, 0) is 44.7 Å². The summed E-state index contributed by atoms with van der Waals surface area (Å²) in [7, 11) is 0. The van der Waals surface area contributed by atoms with Gasteiger partial charge in [-0.3, -0.25) is 9.89 Å². The van der Waals surface area contributed by atoms with Crippen molar-refractivity contribution < 1.29 is 9.53 Å². The molecule has 1 amide bonds. The highest BCUT2D eigenvalue weighted by Gasteiger charge is 2.24. The molecular formula is C20H24N6O2. The number of rotatable bonds is 6. The van der Waals surface area contributed by atoms with Gasteiger partial charge in [0.15, 0.2) is 5.82 Å². The van der Waals surface area contributed by atoms with Crippen molar-refractivity contribution >= 4 is 23.0 Å². The summed E-state index contributed by atoms with van der Waals surface area (Å²) in [6.07, 6.45) is 8.86. The summed E-state index contributed by atoms with van der Waals surface area (Å²) in [6.45, 7) is 2.45. The van der Waals surface area contributed by atoms with Crippen LogP contribution in [0.1, 0.15) is 56.8 Å². The Morgan fingerprint density at radius 3 is 2.89 bits per heavy atom. The van der Waals surface area contributed by atoms with Crippen LogP contribution < -0.4 is 5.32 Å². The number of pyridine rings is 1. The number of hydrogen-bond acceptors (Lipinski definition) is 6. The van der Waals surface area contributed by atoms with Crippen LogP contribution in [0, 0.1) is 5.92 Å². The minimum absolute atomic E-state index is 0.0650. The standard InChI is InChI=1S/C20H24N6O2/c1-2-28-20-15(18-22-12-23-26-18)7-8-16(24-20)14-9-10-21-17(11-14)25-19(27)13-5-3-4-6-13/h9-13H,2-8H2,1H3,(H,21,25,27)(H,22,23,26). The van der Waals surface area contributed by atoms with Crippen LogP contribution in [0.25, 0.3) is 5.57 Å². The molecule has 0 radical (unpaired) electrons. The van der Waals surface area contributed by atoms with E-state index in [1.807, 2.05) is 19.1 Å². The Labute approximate surface area is 163 Å². The predicted octanol–water partition coefficient (Wildman–Crippen LogP) is 3.32. The first-order chi connectivity index (χ1) is 13.7. The van der Waals surface area contributed by atoms with Gasteiger partial charge in [0.1, 0.15) is 12.1 Å². The lowest BCUT2D eigenvalue weighted by molar-refractivity contribution is -0.119. The van der Waals surface area contributed by atoms with Crippen LogP contribution >= 0.6 is 0 Å². The molecule has 1 saturated carbocycles. The van der Waals surface area contributed by atoms with Gasteiger partial charge in [-0.15, -0.1) is 0 Å². The Bertz CT molecular complexity index is 897. The second-order valence-electron chi connectivity index (χ2n) is 7.01. The van der Waals surface area contributed by atoms with E-state index in [9.17, 15) is 4.79 Å². The van der Waals surface area contributed by atoms with Gasteiger partial charge in [-0.25, -0.2) is 15.0 Å². The van der Waals surface area contributed by atoms with Crippen molar-refractivity contribution in [2.45, 2.75) is 45.4 Å². The minimum Gasteiger partial charge on any atom is -0.478 e. The highest BCUT2D eigenvalue weighted by Crippen LogP contribution is 2.30. The van der Waals surface area contributed by atoms with Crippen molar-refractivity contribution in [3.05, 3.63) is 41.9 Å². The van der Waals surface area contributed by atoms with E-state index >= 15 is 0 Å². The van der Waals surface area contributed by atoms with Gasteiger partial charge in [-0.1, -0.05) is 12.8 Å². The molecule has 0 unspecified atom stereocenters. The molecule has 8 heteroatoms. The number of aromatic nitrogens is 4. The number of nitrogens with zero attached hydrogens (tertiary/aromatic N) is 4. The molecule has 0 aromatic carbocycles. The molecule has 1 aliphatic carbocycles. The summed E-state index contributed by atoms with van der Waals surface area (Å²) in [5, 5.41) is 9.76. The zero-order valence-electron chi connectivity index (χ0n) is 15.9. The highest BCUT2D eigenvalue weighted by atomic mass is 16.5.